The van der Waals surface area contributed by atoms with Gasteiger partial charge in [-0.1, -0.05) is 23.7 Å². The lowest BCUT2D eigenvalue weighted by Gasteiger charge is -2.17. The number of nitrogens with one attached hydrogen (secondary N) is 2. The number of rotatable bonds is 5. The van der Waals surface area contributed by atoms with E-state index in [4.69, 9.17) is 16.7 Å². The van der Waals surface area contributed by atoms with Crippen LogP contribution in [-0.2, 0) is 17.6 Å². The first-order valence-corrected chi connectivity index (χ1v) is 7.72. The topological polar surface area (TPSA) is 61.4 Å². The van der Waals surface area contributed by atoms with E-state index in [0.29, 0.717) is 11.3 Å². The van der Waals surface area contributed by atoms with Crippen LogP contribution < -0.4 is 10.6 Å². The Morgan fingerprint density at radius 1 is 1.20 bits per heavy atom. The van der Waals surface area contributed by atoms with Crippen LogP contribution in [0.3, 0.4) is 0 Å². The van der Waals surface area contributed by atoms with Crippen LogP contribution in [-0.4, -0.2) is 17.1 Å². The standard InChI is InChI=1S/C17H16ClF3N2O2/c1-10(22-12-4-2-3-11(7-12)9-24)16(25)23-13-5-6-15(18)14(8-13)17(19,20)21/h2-8,10,22,24H,9H2,1H3,(H,23,25)/t10-/m0/s1. The second-order valence-electron chi connectivity index (χ2n) is 5.41. The van der Waals surface area contributed by atoms with Crippen molar-refractivity contribution < 1.29 is 23.1 Å². The Morgan fingerprint density at radius 2 is 1.92 bits per heavy atom. The molecule has 2 rings (SSSR count). The highest BCUT2D eigenvalue weighted by molar-refractivity contribution is 6.31. The zero-order valence-corrected chi connectivity index (χ0v) is 13.9. The van der Waals surface area contributed by atoms with Crippen LogP contribution in [0.2, 0.25) is 5.02 Å². The van der Waals surface area contributed by atoms with Gasteiger partial charge in [0, 0.05) is 11.4 Å². The van der Waals surface area contributed by atoms with Crippen molar-refractivity contribution in [3.63, 3.8) is 0 Å². The van der Waals surface area contributed by atoms with Crippen LogP contribution in [0.1, 0.15) is 18.1 Å². The van der Waals surface area contributed by atoms with Crippen LogP contribution in [0.5, 0.6) is 0 Å². The molecule has 0 unspecified atom stereocenters. The number of amides is 1. The van der Waals surface area contributed by atoms with E-state index in [2.05, 4.69) is 10.6 Å². The van der Waals surface area contributed by atoms with Crippen LogP contribution >= 0.6 is 11.6 Å². The zero-order valence-electron chi connectivity index (χ0n) is 13.2. The summed E-state index contributed by atoms with van der Waals surface area (Å²) in [5.74, 6) is -0.509. The van der Waals surface area contributed by atoms with Gasteiger partial charge in [0.15, 0.2) is 0 Å². The molecule has 0 saturated heterocycles. The number of hydrogen-bond donors (Lipinski definition) is 3. The summed E-state index contributed by atoms with van der Waals surface area (Å²) in [6, 6.07) is 9.30. The van der Waals surface area contributed by atoms with Gasteiger partial charge in [0.2, 0.25) is 5.91 Å². The van der Waals surface area contributed by atoms with E-state index < -0.39 is 28.7 Å². The van der Waals surface area contributed by atoms with E-state index in [1.54, 1.807) is 31.2 Å². The highest BCUT2D eigenvalue weighted by Gasteiger charge is 2.33. The lowest BCUT2D eigenvalue weighted by Crippen LogP contribution is -2.32. The number of carbonyl (C=O) groups is 1. The zero-order chi connectivity index (χ0) is 18.6. The second kappa shape index (κ2) is 7.76. The lowest BCUT2D eigenvalue weighted by atomic mass is 10.1. The van der Waals surface area contributed by atoms with Gasteiger partial charge >= 0.3 is 6.18 Å². The van der Waals surface area contributed by atoms with E-state index in [1.165, 1.54) is 6.07 Å². The number of anilines is 2. The van der Waals surface area contributed by atoms with Crippen molar-refractivity contribution in [2.45, 2.75) is 25.7 Å². The molecule has 0 aromatic heterocycles. The smallest absolute Gasteiger partial charge is 0.392 e. The average Bonchev–Trinajstić information content (AvgIpc) is 2.55. The Balaban J connectivity index is 2.08. The Hall–Kier alpha value is -2.25. The van der Waals surface area contributed by atoms with Gasteiger partial charge in [-0.3, -0.25) is 4.79 Å². The summed E-state index contributed by atoms with van der Waals surface area (Å²) in [4.78, 5) is 12.2. The predicted molar refractivity (Wildman–Crippen MR) is 90.5 cm³/mol. The quantitative estimate of drug-likeness (QED) is 0.733. The molecule has 0 saturated carbocycles. The predicted octanol–water partition coefficient (Wildman–Crippen LogP) is 4.29. The Morgan fingerprint density at radius 3 is 2.56 bits per heavy atom. The minimum Gasteiger partial charge on any atom is -0.392 e. The number of carbonyl (C=O) groups excluding carboxylic acids is 1. The molecular weight excluding hydrogens is 357 g/mol. The summed E-state index contributed by atoms with van der Waals surface area (Å²) in [5.41, 5.74) is 0.272. The molecule has 0 heterocycles. The number of halogens is 4. The van der Waals surface area contributed by atoms with Crippen molar-refractivity contribution in [3.05, 3.63) is 58.6 Å². The molecular formula is C17H16ClF3N2O2. The molecule has 1 atom stereocenters. The Kier molecular flexibility index (Phi) is 5.92. The highest BCUT2D eigenvalue weighted by atomic mass is 35.5. The number of aliphatic hydroxyl groups is 1. The molecule has 8 heteroatoms. The van der Waals surface area contributed by atoms with E-state index >= 15 is 0 Å². The molecule has 0 bridgehead atoms. The third kappa shape index (κ3) is 5.11. The SMILES string of the molecule is C[C@H](Nc1cccc(CO)c1)C(=O)Nc1ccc(Cl)c(C(F)(F)F)c1. The summed E-state index contributed by atoms with van der Waals surface area (Å²) in [6.45, 7) is 1.43. The number of hydrogen-bond acceptors (Lipinski definition) is 3. The van der Waals surface area contributed by atoms with Gasteiger partial charge in [-0.15, -0.1) is 0 Å². The lowest BCUT2D eigenvalue weighted by molar-refractivity contribution is -0.137. The van der Waals surface area contributed by atoms with E-state index in [-0.39, 0.29) is 12.3 Å². The third-order valence-electron chi connectivity index (χ3n) is 3.43. The van der Waals surface area contributed by atoms with Crippen LogP contribution in [0.4, 0.5) is 24.5 Å². The van der Waals surface area contributed by atoms with Crippen molar-refractivity contribution in [1.29, 1.82) is 0 Å². The van der Waals surface area contributed by atoms with E-state index in [9.17, 15) is 18.0 Å². The fourth-order valence-electron chi connectivity index (χ4n) is 2.15. The normalized spacial score (nSPS) is 12.6. The van der Waals surface area contributed by atoms with Crippen molar-refractivity contribution in [2.75, 3.05) is 10.6 Å². The molecule has 0 radical (unpaired) electrons. The van der Waals surface area contributed by atoms with Crippen molar-refractivity contribution in [1.82, 2.24) is 0 Å². The molecule has 0 aliphatic heterocycles. The largest absolute Gasteiger partial charge is 0.417 e. The van der Waals surface area contributed by atoms with E-state index in [0.717, 1.165) is 12.1 Å². The van der Waals surface area contributed by atoms with Gasteiger partial charge in [-0.05, 0) is 42.8 Å². The average molecular weight is 373 g/mol. The molecule has 134 valence electrons. The van der Waals surface area contributed by atoms with Gasteiger partial charge in [0.05, 0.1) is 17.2 Å². The Labute approximate surface area is 147 Å². The molecule has 4 nitrogen and oxygen atoms in total. The van der Waals surface area contributed by atoms with Crippen LogP contribution in [0, 0.1) is 0 Å². The molecule has 0 aliphatic carbocycles. The van der Waals surface area contributed by atoms with E-state index in [1.807, 2.05) is 0 Å². The first-order chi connectivity index (χ1) is 11.7. The summed E-state index contributed by atoms with van der Waals surface area (Å²) in [5, 5.41) is 14.0. The molecule has 0 fully saturated rings. The van der Waals surface area contributed by atoms with Gasteiger partial charge in [-0.2, -0.15) is 13.2 Å². The fourth-order valence-corrected chi connectivity index (χ4v) is 2.37. The summed E-state index contributed by atoms with van der Waals surface area (Å²) in [7, 11) is 0. The summed E-state index contributed by atoms with van der Waals surface area (Å²) in [6.07, 6.45) is -4.60. The molecule has 3 N–H and O–H groups in total. The van der Waals surface area contributed by atoms with Crippen LogP contribution in [0.25, 0.3) is 0 Å². The van der Waals surface area contributed by atoms with Crippen molar-refractivity contribution in [3.8, 4) is 0 Å². The number of aliphatic hydroxyl groups excluding tert-OH is 1. The van der Waals surface area contributed by atoms with Crippen molar-refractivity contribution >= 4 is 28.9 Å². The maximum absolute atomic E-state index is 12.9. The highest BCUT2D eigenvalue weighted by Crippen LogP contribution is 2.36. The summed E-state index contributed by atoms with van der Waals surface area (Å²) >= 11 is 5.55. The second-order valence-corrected chi connectivity index (χ2v) is 5.81. The van der Waals surface area contributed by atoms with Gasteiger partial charge < -0.3 is 15.7 Å². The van der Waals surface area contributed by atoms with Gasteiger partial charge in [-0.25, -0.2) is 0 Å². The summed E-state index contributed by atoms with van der Waals surface area (Å²) < 4.78 is 38.6. The number of benzene rings is 2. The first-order valence-electron chi connectivity index (χ1n) is 7.34. The molecule has 1 amide bonds. The molecule has 2 aromatic carbocycles. The van der Waals surface area contributed by atoms with Gasteiger partial charge in [0.1, 0.15) is 6.04 Å². The minimum atomic E-state index is -4.60. The van der Waals surface area contributed by atoms with Crippen molar-refractivity contribution in [2.24, 2.45) is 0 Å². The third-order valence-corrected chi connectivity index (χ3v) is 3.75. The first kappa shape index (κ1) is 19.1. The maximum Gasteiger partial charge on any atom is 0.417 e. The molecule has 25 heavy (non-hydrogen) atoms. The van der Waals surface area contributed by atoms with Gasteiger partial charge in [0.25, 0.3) is 0 Å². The Bertz CT molecular complexity index is 766. The molecule has 0 spiro atoms. The monoisotopic (exact) mass is 372 g/mol. The molecule has 0 aliphatic rings. The van der Waals surface area contributed by atoms with Crippen LogP contribution in [0.15, 0.2) is 42.5 Å². The maximum atomic E-state index is 12.9. The number of alkyl halides is 3. The fraction of sp³-hybridized carbons (Fsp3) is 0.235. The molecule has 2 aromatic rings. The minimum absolute atomic E-state index is 0.000478.